The van der Waals surface area contributed by atoms with E-state index >= 15 is 0 Å². The molecule has 0 radical (unpaired) electrons. The molecule has 1 aromatic heterocycles. The van der Waals surface area contributed by atoms with E-state index in [2.05, 4.69) is 27.4 Å². The summed E-state index contributed by atoms with van der Waals surface area (Å²) in [5.41, 5.74) is 0.656. The summed E-state index contributed by atoms with van der Waals surface area (Å²) in [5.74, 6) is 2.50. The number of nitrogens with zero attached hydrogens (tertiary/aromatic N) is 2. The summed E-state index contributed by atoms with van der Waals surface area (Å²) in [7, 11) is 0. The van der Waals surface area contributed by atoms with Gasteiger partial charge < -0.3 is 15.5 Å². The van der Waals surface area contributed by atoms with Crippen molar-refractivity contribution in [3.8, 4) is 0 Å². The Morgan fingerprint density at radius 1 is 1.28 bits per heavy atom. The first-order valence-electron chi connectivity index (χ1n) is 8.92. The fraction of sp³-hybridized carbons (Fsp3) is 0.667. The number of hydrogen-bond donors (Lipinski definition) is 2. The highest BCUT2D eigenvalue weighted by molar-refractivity contribution is 5.94. The van der Waals surface area contributed by atoms with Crippen LogP contribution in [0, 0.1) is 11.8 Å². The van der Waals surface area contributed by atoms with Gasteiger partial charge in [-0.3, -0.25) is 4.79 Å². The Hall–Kier alpha value is -1.04. The minimum absolute atomic E-state index is 0. The molecule has 1 atom stereocenters. The highest BCUT2D eigenvalue weighted by atomic mass is 35.5. The van der Waals surface area contributed by atoms with Gasteiger partial charge in [-0.2, -0.15) is 0 Å². The maximum absolute atomic E-state index is 12.2. The van der Waals surface area contributed by atoms with Crippen molar-refractivity contribution < 1.29 is 4.79 Å². The Morgan fingerprint density at radius 2 is 2.04 bits per heavy atom. The average molecular weight is 389 g/mol. The van der Waals surface area contributed by atoms with Crippen LogP contribution in [0.3, 0.4) is 0 Å². The van der Waals surface area contributed by atoms with Gasteiger partial charge in [0, 0.05) is 25.8 Å². The van der Waals surface area contributed by atoms with E-state index in [1.54, 1.807) is 6.20 Å². The van der Waals surface area contributed by atoms with E-state index in [1.807, 2.05) is 12.1 Å². The molecule has 1 amide bonds. The fourth-order valence-electron chi connectivity index (χ4n) is 3.40. The van der Waals surface area contributed by atoms with Crippen LogP contribution < -0.4 is 15.5 Å². The number of aromatic nitrogens is 1. The van der Waals surface area contributed by atoms with Crippen LogP contribution in [0.15, 0.2) is 18.3 Å². The Kier molecular flexibility index (Phi) is 9.54. The molecule has 142 valence electrons. The molecule has 1 aromatic rings. The van der Waals surface area contributed by atoms with Crippen LogP contribution in [0.5, 0.6) is 0 Å². The molecule has 5 nitrogen and oxygen atoms in total. The molecule has 2 fully saturated rings. The molecular formula is C18H30Cl2N4O. The number of pyridine rings is 1. The van der Waals surface area contributed by atoms with Crippen LogP contribution in [0.1, 0.15) is 43.0 Å². The van der Waals surface area contributed by atoms with E-state index in [4.69, 9.17) is 0 Å². The molecule has 2 saturated heterocycles. The molecule has 3 heterocycles. The number of rotatable bonds is 5. The van der Waals surface area contributed by atoms with Crippen molar-refractivity contribution in [2.24, 2.45) is 11.8 Å². The molecule has 0 spiro atoms. The van der Waals surface area contributed by atoms with Crippen LogP contribution in [-0.4, -0.2) is 43.6 Å². The largest absolute Gasteiger partial charge is 0.357 e. The summed E-state index contributed by atoms with van der Waals surface area (Å²) in [6.07, 6.45) is 6.43. The van der Waals surface area contributed by atoms with E-state index in [-0.39, 0.29) is 30.7 Å². The van der Waals surface area contributed by atoms with Gasteiger partial charge in [0.1, 0.15) is 5.82 Å². The zero-order valence-electron chi connectivity index (χ0n) is 14.9. The first-order chi connectivity index (χ1) is 11.2. The standard InChI is InChI=1S/C18H28N4O.2ClH/c1-14-6-10-22(11-7-14)17-3-2-16(13-21-17)18(23)20-9-5-15-4-8-19-12-15;;/h2-3,13-15,19H,4-12H2,1H3,(H,20,23);2*1H. The SMILES string of the molecule is CC1CCN(c2ccc(C(=O)NCCC3CCNC3)cn2)CC1.Cl.Cl. The summed E-state index contributed by atoms with van der Waals surface area (Å²) >= 11 is 0. The van der Waals surface area contributed by atoms with Crippen molar-refractivity contribution in [1.29, 1.82) is 0 Å². The first kappa shape index (κ1) is 22.0. The van der Waals surface area contributed by atoms with Gasteiger partial charge in [0.25, 0.3) is 5.91 Å². The van der Waals surface area contributed by atoms with Gasteiger partial charge in [-0.1, -0.05) is 6.92 Å². The van der Waals surface area contributed by atoms with E-state index in [1.165, 1.54) is 19.3 Å². The summed E-state index contributed by atoms with van der Waals surface area (Å²) in [6.45, 7) is 7.38. The molecule has 7 heteroatoms. The highest BCUT2D eigenvalue weighted by Gasteiger charge is 2.18. The smallest absolute Gasteiger partial charge is 0.252 e. The van der Waals surface area contributed by atoms with E-state index < -0.39 is 0 Å². The molecule has 0 aromatic carbocycles. The van der Waals surface area contributed by atoms with Gasteiger partial charge in [0.2, 0.25) is 0 Å². The number of hydrogen-bond acceptors (Lipinski definition) is 4. The third-order valence-electron chi connectivity index (χ3n) is 5.12. The minimum Gasteiger partial charge on any atom is -0.357 e. The van der Waals surface area contributed by atoms with E-state index in [0.717, 1.165) is 50.9 Å². The Morgan fingerprint density at radius 3 is 2.64 bits per heavy atom. The van der Waals surface area contributed by atoms with Crippen molar-refractivity contribution in [2.75, 3.05) is 37.6 Å². The van der Waals surface area contributed by atoms with Gasteiger partial charge in [-0.15, -0.1) is 24.8 Å². The molecule has 0 aliphatic carbocycles. The third-order valence-corrected chi connectivity index (χ3v) is 5.12. The number of carbonyl (C=O) groups excluding carboxylic acids is 1. The first-order valence-corrected chi connectivity index (χ1v) is 8.92. The van der Waals surface area contributed by atoms with Gasteiger partial charge in [0.15, 0.2) is 0 Å². The van der Waals surface area contributed by atoms with Crippen LogP contribution in [0.4, 0.5) is 5.82 Å². The van der Waals surface area contributed by atoms with Crippen molar-refractivity contribution in [3.63, 3.8) is 0 Å². The Labute approximate surface area is 163 Å². The molecule has 25 heavy (non-hydrogen) atoms. The fourth-order valence-corrected chi connectivity index (χ4v) is 3.40. The van der Waals surface area contributed by atoms with Crippen LogP contribution in [0.25, 0.3) is 0 Å². The van der Waals surface area contributed by atoms with Crippen LogP contribution in [0.2, 0.25) is 0 Å². The zero-order chi connectivity index (χ0) is 16.1. The Balaban J connectivity index is 0.00000156. The average Bonchev–Trinajstić information content (AvgIpc) is 3.09. The summed E-state index contributed by atoms with van der Waals surface area (Å²) in [4.78, 5) is 19.0. The minimum atomic E-state index is -0.0118. The number of piperidine rings is 1. The zero-order valence-corrected chi connectivity index (χ0v) is 16.5. The van der Waals surface area contributed by atoms with Gasteiger partial charge >= 0.3 is 0 Å². The molecule has 0 bridgehead atoms. The van der Waals surface area contributed by atoms with Crippen molar-refractivity contribution in [1.82, 2.24) is 15.6 Å². The summed E-state index contributed by atoms with van der Waals surface area (Å²) < 4.78 is 0. The highest BCUT2D eigenvalue weighted by Crippen LogP contribution is 2.21. The second-order valence-electron chi connectivity index (χ2n) is 6.98. The van der Waals surface area contributed by atoms with Crippen LogP contribution in [-0.2, 0) is 0 Å². The van der Waals surface area contributed by atoms with Crippen molar-refractivity contribution >= 4 is 36.5 Å². The molecule has 1 unspecified atom stereocenters. The van der Waals surface area contributed by atoms with Crippen molar-refractivity contribution in [2.45, 2.75) is 32.6 Å². The lowest BCUT2D eigenvalue weighted by atomic mass is 9.99. The number of carbonyl (C=O) groups is 1. The van der Waals surface area contributed by atoms with Crippen LogP contribution >= 0.6 is 24.8 Å². The second-order valence-corrected chi connectivity index (χ2v) is 6.98. The lowest BCUT2D eigenvalue weighted by molar-refractivity contribution is 0.0951. The molecule has 2 N–H and O–H groups in total. The number of nitrogens with one attached hydrogen (secondary N) is 2. The molecule has 0 saturated carbocycles. The Bertz CT molecular complexity index is 512. The van der Waals surface area contributed by atoms with Gasteiger partial charge in [-0.25, -0.2) is 4.98 Å². The topological polar surface area (TPSA) is 57.3 Å². The molecule has 2 aliphatic heterocycles. The lowest BCUT2D eigenvalue weighted by Crippen LogP contribution is -2.33. The summed E-state index contributed by atoms with van der Waals surface area (Å²) in [6, 6.07) is 3.87. The summed E-state index contributed by atoms with van der Waals surface area (Å²) in [5, 5.41) is 6.37. The van der Waals surface area contributed by atoms with Gasteiger partial charge in [0.05, 0.1) is 5.56 Å². The molecule has 2 aliphatic rings. The van der Waals surface area contributed by atoms with E-state index in [9.17, 15) is 4.79 Å². The maximum atomic E-state index is 12.2. The predicted octanol–water partition coefficient (Wildman–Crippen LogP) is 2.89. The molecule has 3 rings (SSSR count). The monoisotopic (exact) mass is 388 g/mol. The number of halogens is 2. The normalized spacial score (nSPS) is 20.5. The maximum Gasteiger partial charge on any atom is 0.252 e. The number of amides is 1. The second kappa shape index (κ2) is 10.8. The number of anilines is 1. The van der Waals surface area contributed by atoms with Gasteiger partial charge in [-0.05, 0) is 62.7 Å². The quantitative estimate of drug-likeness (QED) is 0.813. The lowest BCUT2D eigenvalue weighted by Gasteiger charge is -2.31. The van der Waals surface area contributed by atoms with Crippen molar-refractivity contribution in [3.05, 3.63) is 23.9 Å². The van der Waals surface area contributed by atoms with E-state index in [0.29, 0.717) is 11.5 Å². The predicted molar refractivity (Wildman–Crippen MR) is 107 cm³/mol. The molecular weight excluding hydrogens is 359 g/mol. The third kappa shape index (κ3) is 6.32.